The van der Waals surface area contributed by atoms with E-state index in [2.05, 4.69) is 9.88 Å². The molecule has 0 radical (unpaired) electrons. The number of hydrogen-bond acceptors (Lipinski definition) is 7. The van der Waals surface area contributed by atoms with Gasteiger partial charge in [-0.25, -0.2) is 9.37 Å². The second-order valence-electron chi connectivity index (χ2n) is 8.55. The Bertz CT molecular complexity index is 1260. The van der Waals surface area contributed by atoms with E-state index in [0.717, 1.165) is 31.0 Å². The number of morpholine rings is 1. The molecule has 0 bridgehead atoms. The molecule has 3 heterocycles. The van der Waals surface area contributed by atoms with Crippen molar-refractivity contribution in [1.82, 2.24) is 9.88 Å². The summed E-state index contributed by atoms with van der Waals surface area (Å²) in [4.78, 5) is 47.7. The fraction of sp³-hybridized carbons (Fsp3) is 0.360. The smallest absolute Gasteiger partial charge is 0.260 e. The van der Waals surface area contributed by atoms with Gasteiger partial charge in [-0.3, -0.25) is 29.1 Å². The quantitative estimate of drug-likeness (QED) is 0.466. The second kappa shape index (κ2) is 10.2. The third-order valence-electron chi connectivity index (χ3n) is 6.18. The number of amides is 3. The molecule has 3 amide bonds. The van der Waals surface area contributed by atoms with E-state index in [1.165, 1.54) is 23.5 Å². The second-order valence-corrected chi connectivity index (χ2v) is 9.56. The van der Waals surface area contributed by atoms with Crippen molar-refractivity contribution in [2.45, 2.75) is 19.3 Å². The first kappa shape index (κ1) is 23.5. The van der Waals surface area contributed by atoms with Gasteiger partial charge in [0.05, 0.1) is 29.1 Å². The molecule has 2 fully saturated rings. The number of aromatic nitrogens is 1. The van der Waals surface area contributed by atoms with Crippen LogP contribution in [0.4, 0.5) is 15.2 Å². The van der Waals surface area contributed by atoms with Gasteiger partial charge in [-0.2, -0.15) is 0 Å². The van der Waals surface area contributed by atoms with Crippen LogP contribution in [0.3, 0.4) is 0 Å². The van der Waals surface area contributed by atoms with Gasteiger partial charge in [-0.05, 0) is 42.8 Å². The van der Waals surface area contributed by atoms with E-state index in [-0.39, 0.29) is 36.4 Å². The van der Waals surface area contributed by atoms with Gasteiger partial charge in [-0.1, -0.05) is 17.4 Å². The number of nitrogens with zero attached hydrogens (tertiary/aromatic N) is 4. The monoisotopic (exact) mass is 496 g/mol. The van der Waals surface area contributed by atoms with Gasteiger partial charge in [0.25, 0.3) is 5.91 Å². The van der Waals surface area contributed by atoms with E-state index in [9.17, 15) is 18.8 Å². The zero-order valence-corrected chi connectivity index (χ0v) is 19.9. The Kier molecular flexibility index (Phi) is 6.85. The highest BCUT2D eigenvalue weighted by atomic mass is 32.1. The van der Waals surface area contributed by atoms with Gasteiger partial charge < -0.3 is 4.74 Å². The van der Waals surface area contributed by atoms with Crippen molar-refractivity contribution in [2.24, 2.45) is 0 Å². The lowest BCUT2D eigenvalue weighted by atomic mass is 10.1. The van der Waals surface area contributed by atoms with Crippen molar-refractivity contribution in [1.29, 1.82) is 0 Å². The van der Waals surface area contributed by atoms with Gasteiger partial charge in [0.2, 0.25) is 11.8 Å². The molecule has 0 spiro atoms. The van der Waals surface area contributed by atoms with E-state index < -0.39 is 0 Å². The average molecular weight is 497 g/mol. The van der Waals surface area contributed by atoms with Gasteiger partial charge in [0.1, 0.15) is 5.82 Å². The predicted octanol–water partition coefficient (Wildman–Crippen LogP) is 3.46. The molecule has 2 aromatic carbocycles. The Labute approximate surface area is 205 Å². The van der Waals surface area contributed by atoms with E-state index in [1.807, 2.05) is 0 Å². The molecule has 1 aromatic heterocycles. The number of fused-ring (bicyclic) bond motifs is 1. The molecule has 0 aliphatic carbocycles. The van der Waals surface area contributed by atoms with Gasteiger partial charge >= 0.3 is 0 Å². The van der Waals surface area contributed by atoms with Crippen molar-refractivity contribution < 1.29 is 23.5 Å². The highest BCUT2D eigenvalue weighted by molar-refractivity contribution is 7.22. The highest BCUT2D eigenvalue weighted by Gasteiger charge is 2.31. The highest BCUT2D eigenvalue weighted by Crippen LogP contribution is 2.31. The summed E-state index contributed by atoms with van der Waals surface area (Å²) < 4.78 is 19.8. The Morgan fingerprint density at radius 3 is 2.63 bits per heavy atom. The Morgan fingerprint density at radius 1 is 1.09 bits per heavy atom. The number of rotatable bonds is 7. The SMILES string of the molecule is O=C(c1cccc(N2C(=O)CCC2=O)c1)N(CCCN1CCOCC1)c1nc2ccc(F)cc2s1. The van der Waals surface area contributed by atoms with Gasteiger partial charge in [-0.15, -0.1) is 0 Å². The average Bonchev–Trinajstić information content (AvgIpc) is 3.44. The van der Waals surface area contributed by atoms with E-state index in [0.29, 0.717) is 46.4 Å². The van der Waals surface area contributed by atoms with Crippen LogP contribution in [-0.2, 0) is 14.3 Å². The molecular formula is C25H25FN4O4S. The van der Waals surface area contributed by atoms with Crippen LogP contribution in [0.15, 0.2) is 42.5 Å². The summed E-state index contributed by atoms with van der Waals surface area (Å²) in [6, 6.07) is 10.9. The molecule has 3 aromatic rings. The van der Waals surface area contributed by atoms with E-state index in [4.69, 9.17) is 4.74 Å². The predicted molar refractivity (Wildman–Crippen MR) is 131 cm³/mol. The number of thiazole rings is 1. The maximum absolute atomic E-state index is 13.8. The van der Waals surface area contributed by atoms with Crippen molar-refractivity contribution in [3.63, 3.8) is 0 Å². The number of benzene rings is 2. The third-order valence-corrected chi connectivity index (χ3v) is 7.22. The molecule has 0 saturated carbocycles. The molecule has 5 rings (SSSR count). The van der Waals surface area contributed by atoms with Crippen molar-refractivity contribution in [3.05, 3.63) is 53.8 Å². The van der Waals surface area contributed by atoms with Crippen molar-refractivity contribution >= 4 is 50.1 Å². The lowest BCUT2D eigenvalue weighted by Crippen LogP contribution is -2.39. The Balaban J connectivity index is 1.42. The lowest BCUT2D eigenvalue weighted by molar-refractivity contribution is -0.121. The van der Waals surface area contributed by atoms with Crippen molar-refractivity contribution in [3.8, 4) is 0 Å². The standard InChI is InChI=1S/C25H25FN4O4S/c26-18-5-6-20-21(16-18)35-25(27-20)29(10-2-9-28-11-13-34-14-12-28)24(33)17-3-1-4-19(15-17)30-22(31)7-8-23(30)32/h1,3-6,15-16H,2,7-14H2. The number of hydrogen-bond donors (Lipinski definition) is 0. The van der Waals surface area contributed by atoms with Crippen molar-refractivity contribution in [2.75, 3.05) is 49.2 Å². The summed E-state index contributed by atoms with van der Waals surface area (Å²) in [5.41, 5.74) is 1.37. The van der Waals surface area contributed by atoms with E-state index in [1.54, 1.807) is 35.2 Å². The lowest BCUT2D eigenvalue weighted by Gasteiger charge is -2.28. The minimum Gasteiger partial charge on any atom is -0.379 e. The number of anilines is 2. The number of halogens is 1. The Morgan fingerprint density at radius 2 is 1.86 bits per heavy atom. The molecule has 0 N–H and O–H groups in total. The maximum Gasteiger partial charge on any atom is 0.260 e. The van der Waals surface area contributed by atoms with E-state index >= 15 is 0 Å². The fourth-order valence-corrected chi connectivity index (χ4v) is 5.38. The maximum atomic E-state index is 13.8. The van der Waals surface area contributed by atoms with Gasteiger partial charge in [0.15, 0.2) is 5.13 Å². The summed E-state index contributed by atoms with van der Waals surface area (Å²) in [5.74, 6) is -1.18. The van der Waals surface area contributed by atoms with Crippen LogP contribution in [0, 0.1) is 5.82 Å². The molecule has 2 aliphatic heterocycles. The number of imide groups is 1. The zero-order valence-electron chi connectivity index (χ0n) is 19.1. The summed E-state index contributed by atoms with van der Waals surface area (Å²) in [6.45, 7) is 4.34. The number of carbonyl (C=O) groups is 3. The summed E-state index contributed by atoms with van der Waals surface area (Å²) in [7, 11) is 0. The zero-order chi connectivity index (χ0) is 24.4. The van der Waals surface area contributed by atoms with Crippen LogP contribution in [0.25, 0.3) is 10.2 Å². The van der Waals surface area contributed by atoms with Crippen LogP contribution < -0.4 is 9.80 Å². The molecular weight excluding hydrogens is 471 g/mol. The molecule has 182 valence electrons. The Hall–Kier alpha value is -3.21. The van der Waals surface area contributed by atoms with Gasteiger partial charge in [0, 0.05) is 44.6 Å². The number of carbonyl (C=O) groups excluding carboxylic acids is 3. The largest absolute Gasteiger partial charge is 0.379 e. The van der Waals surface area contributed by atoms with Crippen LogP contribution in [-0.4, -0.2) is 67.0 Å². The molecule has 2 aliphatic rings. The summed E-state index contributed by atoms with van der Waals surface area (Å²) in [6.07, 6.45) is 1.07. The normalized spacial score (nSPS) is 16.9. The fourth-order valence-electron chi connectivity index (χ4n) is 4.36. The molecule has 0 unspecified atom stereocenters. The number of ether oxygens (including phenoxy) is 1. The topological polar surface area (TPSA) is 83.1 Å². The van der Waals surface area contributed by atoms with Crippen LogP contribution >= 0.6 is 11.3 Å². The summed E-state index contributed by atoms with van der Waals surface area (Å²) >= 11 is 1.26. The van der Waals surface area contributed by atoms with Crippen LogP contribution in [0.1, 0.15) is 29.6 Å². The first-order chi connectivity index (χ1) is 17.0. The van der Waals surface area contributed by atoms with Crippen LogP contribution in [0.2, 0.25) is 0 Å². The minimum absolute atomic E-state index is 0.174. The summed E-state index contributed by atoms with van der Waals surface area (Å²) in [5, 5.41) is 0.483. The first-order valence-corrected chi connectivity index (χ1v) is 12.5. The van der Waals surface area contributed by atoms with Crippen LogP contribution in [0.5, 0.6) is 0 Å². The third kappa shape index (κ3) is 5.09. The molecule has 35 heavy (non-hydrogen) atoms. The molecule has 8 nitrogen and oxygen atoms in total. The minimum atomic E-state index is -0.356. The molecule has 10 heteroatoms. The first-order valence-electron chi connectivity index (χ1n) is 11.6. The molecule has 0 atom stereocenters. The molecule has 2 saturated heterocycles.